The van der Waals surface area contributed by atoms with Crippen molar-refractivity contribution in [2.24, 2.45) is 11.8 Å². The van der Waals surface area contributed by atoms with Gasteiger partial charge in [0.1, 0.15) is 5.03 Å². The van der Waals surface area contributed by atoms with Crippen LogP contribution in [0.5, 0.6) is 0 Å². The molecule has 2 unspecified atom stereocenters. The summed E-state index contributed by atoms with van der Waals surface area (Å²) in [5.74, 6) is 0.321. The van der Waals surface area contributed by atoms with Crippen LogP contribution in [0.2, 0.25) is 0 Å². The third kappa shape index (κ3) is 2.89. The molecule has 0 saturated carbocycles. The van der Waals surface area contributed by atoms with Crippen molar-refractivity contribution >= 4 is 23.3 Å². The number of hydrogen-bond donors (Lipinski definition) is 0. The number of pyridine rings is 1. The highest BCUT2D eigenvalue weighted by atomic mass is 32.2. The van der Waals surface area contributed by atoms with Crippen molar-refractivity contribution in [2.75, 3.05) is 0 Å². The SMILES string of the molecule is O=C1C(CCc2ccccc2)=C(Sc2ccccn2)C(=O)C2=C1C1C=CC2C1. The number of benzene rings is 1. The molecule has 3 nitrogen and oxygen atoms in total. The van der Waals surface area contributed by atoms with Crippen molar-refractivity contribution in [2.45, 2.75) is 24.3 Å². The van der Waals surface area contributed by atoms with Crippen LogP contribution in [0.3, 0.4) is 0 Å². The molecule has 1 aromatic heterocycles. The predicted octanol–water partition coefficient (Wildman–Crippen LogP) is 4.71. The minimum absolute atomic E-state index is 0.0326. The van der Waals surface area contributed by atoms with Crippen LogP contribution in [0.1, 0.15) is 18.4 Å². The molecule has 0 amide bonds. The average Bonchev–Trinajstić information content (AvgIpc) is 3.35. The van der Waals surface area contributed by atoms with E-state index in [0.717, 1.165) is 29.0 Å². The molecule has 138 valence electrons. The van der Waals surface area contributed by atoms with Crippen molar-refractivity contribution in [1.29, 1.82) is 0 Å². The largest absolute Gasteiger partial charge is 0.289 e. The van der Waals surface area contributed by atoms with Gasteiger partial charge < -0.3 is 0 Å². The van der Waals surface area contributed by atoms with E-state index in [1.807, 2.05) is 36.4 Å². The first-order valence-electron chi connectivity index (χ1n) is 9.60. The topological polar surface area (TPSA) is 47.0 Å². The second-order valence-corrected chi connectivity index (χ2v) is 8.41. The molecule has 2 aromatic rings. The fourth-order valence-electron chi connectivity index (χ4n) is 4.39. The van der Waals surface area contributed by atoms with Crippen molar-refractivity contribution in [3.63, 3.8) is 0 Å². The highest BCUT2D eigenvalue weighted by Gasteiger charge is 2.46. The number of hydrogen-bond acceptors (Lipinski definition) is 4. The molecule has 2 atom stereocenters. The van der Waals surface area contributed by atoms with Gasteiger partial charge in [0.2, 0.25) is 0 Å². The normalized spacial score (nSPS) is 23.0. The number of carbonyl (C=O) groups is 2. The van der Waals surface area contributed by atoms with E-state index in [2.05, 4.69) is 29.3 Å². The Morgan fingerprint density at radius 3 is 2.29 bits per heavy atom. The van der Waals surface area contributed by atoms with Gasteiger partial charge in [0, 0.05) is 34.8 Å². The Labute approximate surface area is 168 Å². The van der Waals surface area contributed by atoms with E-state index in [1.165, 1.54) is 17.3 Å². The third-order valence-electron chi connectivity index (χ3n) is 5.71. The van der Waals surface area contributed by atoms with E-state index in [9.17, 15) is 9.59 Å². The molecule has 28 heavy (non-hydrogen) atoms. The molecule has 3 aliphatic carbocycles. The van der Waals surface area contributed by atoms with Gasteiger partial charge in [-0.3, -0.25) is 9.59 Å². The molecule has 0 radical (unpaired) electrons. The molecule has 0 saturated heterocycles. The molecule has 3 aliphatic rings. The molecule has 0 aliphatic heterocycles. The average molecular weight is 385 g/mol. The molecule has 2 bridgehead atoms. The molecule has 0 spiro atoms. The van der Waals surface area contributed by atoms with E-state index >= 15 is 0 Å². The number of nitrogens with zero attached hydrogens (tertiary/aromatic N) is 1. The summed E-state index contributed by atoms with van der Waals surface area (Å²) in [6, 6.07) is 15.8. The zero-order valence-corrected chi connectivity index (χ0v) is 16.1. The minimum Gasteiger partial charge on any atom is -0.289 e. The van der Waals surface area contributed by atoms with Crippen LogP contribution in [0.25, 0.3) is 0 Å². The maximum absolute atomic E-state index is 13.4. The summed E-state index contributed by atoms with van der Waals surface area (Å²) in [5, 5.41) is 0.749. The highest BCUT2D eigenvalue weighted by Crippen LogP contribution is 2.50. The Kier molecular flexibility index (Phi) is 4.36. The summed E-state index contributed by atoms with van der Waals surface area (Å²) in [7, 11) is 0. The van der Waals surface area contributed by atoms with Gasteiger partial charge in [-0.1, -0.05) is 60.3 Å². The Morgan fingerprint density at radius 2 is 1.57 bits per heavy atom. The van der Waals surface area contributed by atoms with Gasteiger partial charge in [-0.15, -0.1) is 0 Å². The van der Waals surface area contributed by atoms with Crippen LogP contribution in [0.15, 0.2) is 93.5 Å². The van der Waals surface area contributed by atoms with E-state index in [4.69, 9.17) is 0 Å². The van der Waals surface area contributed by atoms with Crippen molar-refractivity contribution in [3.8, 4) is 0 Å². The van der Waals surface area contributed by atoms with Crippen LogP contribution in [0, 0.1) is 11.8 Å². The quantitative estimate of drug-likeness (QED) is 0.552. The maximum atomic E-state index is 13.4. The monoisotopic (exact) mass is 385 g/mol. The zero-order valence-electron chi connectivity index (χ0n) is 15.3. The van der Waals surface area contributed by atoms with E-state index in [-0.39, 0.29) is 23.4 Å². The molecular weight excluding hydrogens is 366 g/mol. The van der Waals surface area contributed by atoms with Gasteiger partial charge in [0.25, 0.3) is 0 Å². The predicted molar refractivity (Wildman–Crippen MR) is 110 cm³/mol. The summed E-state index contributed by atoms with van der Waals surface area (Å²) in [6.45, 7) is 0. The summed E-state index contributed by atoms with van der Waals surface area (Å²) in [6.07, 6.45) is 8.09. The summed E-state index contributed by atoms with van der Waals surface area (Å²) in [4.78, 5) is 31.8. The Balaban J connectivity index is 1.52. The summed E-state index contributed by atoms with van der Waals surface area (Å²) in [5.41, 5.74) is 3.32. The number of aromatic nitrogens is 1. The smallest absolute Gasteiger partial charge is 0.197 e. The van der Waals surface area contributed by atoms with Crippen molar-refractivity contribution < 1.29 is 9.59 Å². The molecule has 1 heterocycles. The van der Waals surface area contributed by atoms with Gasteiger partial charge in [0.05, 0.1) is 4.91 Å². The Hall–Kier alpha value is -2.72. The number of ketones is 2. The first-order valence-corrected chi connectivity index (χ1v) is 10.4. The van der Waals surface area contributed by atoms with E-state index in [1.54, 1.807) is 6.20 Å². The first kappa shape index (κ1) is 17.4. The first-order chi connectivity index (χ1) is 13.7. The second-order valence-electron chi connectivity index (χ2n) is 7.38. The fraction of sp³-hybridized carbons (Fsp3) is 0.208. The lowest BCUT2D eigenvalue weighted by atomic mass is 9.82. The number of aryl methyl sites for hydroxylation is 1. The van der Waals surface area contributed by atoms with Crippen LogP contribution < -0.4 is 0 Å². The number of Topliss-reactive ketones (excluding diaryl/α,β-unsaturated/α-hetero) is 2. The van der Waals surface area contributed by atoms with Crippen molar-refractivity contribution in [3.05, 3.63) is 94.1 Å². The molecule has 4 heteroatoms. The van der Waals surface area contributed by atoms with E-state index in [0.29, 0.717) is 16.9 Å². The zero-order chi connectivity index (χ0) is 19.1. The summed E-state index contributed by atoms with van der Waals surface area (Å²) >= 11 is 1.34. The third-order valence-corrected chi connectivity index (χ3v) is 6.80. The van der Waals surface area contributed by atoms with Gasteiger partial charge in [0.15, 0.2) is 11.6 Å². The minimum atomic E-state index is 0.0326. The molecular formula is C24H19NO2S. The van der Waals surface area contributed by atoms with Crippen LogP contribution >= 0.6 is 11.8 Å². The fourth-order valence-corrected chi connectivity index (χ4v) is 5.38. The van der Waals surface area contributed by atoms with Gasteiger partial charge >= 0.3 is 0 Å². The van der Waals surface area contributed by atoms with Gasteiger partial charge in [-0.05, 0) is 37.0 Å². The number of thioether (sulfide) groups is 1. The lowest BCUT2D eigenvalue weighted by Gasteiger charge is -2.24. The number of allylic oxidation sites excluding steroid dienone is 6. The molecule has 0 fully saturated rings. The number of rotatable bonds is 5. The summed E-state index contributed by atoms with van der Waals surface area (Å²) < 4.78 is 0. The van der Waals surface area contributed by atoms with Crippen LogP contribution in [-0.2, 0) is 16.0 Å². The Morgan fingerprint density at radius 1 is 0.857 bits per heavy atom. The van der Waals surface area contributed by atoms with Crippen LogP contribution in [0.4, 0.5) is 0 Å². The van der Waals surface area contributed by atoms with Gasteiger partial charge in [-0.2, -0.15) is 0 Å². The molecule has 5 rings (SSSR count). The lowest BCUT2D eigenvalue weighted by molar-refractivity contribution is -0.116. The maximum Gasteiger partial charge on any atom is 0.197 e. The van der Waals surface area contributed by atoms with Gasteiger partial charge in [-0.25, -0.2) is 4.98 Å². The van der Waals surface area contributed by atoms with Crippen molar-refractivity contribution in [1.82, 2.24) is 4.98 Å². The van der Waals surface area contributed by atoms with Crippen LogP contribution in [-0.4, -0.2) is 16.6 Å². The highest BCUT2D eigenvalue weighted by molar-refractivity contribution is 8.04. The molecule has 1 aromatic carbocycles. The van der Waals surface area contributed by atoms with E-state index < -0.39 is 0 Å². The Bertz CT molecular complexity index is 1050. The second kappa shape index (κ2) is 7.02. The molecule has 0 N–H and O–H groups in total. The standard InChI is InChI=1S/C24H19NO2S/c26-22-18(12-9-15-6-2-1-3-7-15)24(28-19-8-4-5-13-25-19)23(27)21-17-11-10-16(14-17)20(21)22/h1-8,10-11,13,16-17H,9,12,14H2. The lowest BCUT2D eigenvalue weighted by Crippen LogP contribution is -2.25. The number of fused-ring (bicyclic) bond motifs is 4. The number of carbonyl (C=O) groups excluding carboxylic acids is 2.